The predicted molar refractivity (Wildman–Crippen MR) is 98.8 cm³/mol. The lowest BCUT2D eigenvalue weighted by Crippen LogP contribution is -2.42. The largest absolute Gasteiger partial charge is 0.357 e. The van der Waals surface area contributed by atoms with Crippen molar-refractivity contribution in [2.24, 2.45) is 11.8 Å². The second kappa shape index (κ2) is 7.98. The monoisotopic (exact) mass is 343 g/mol. The van der Waals surface area contributed by atoms with Gasteiger partial charge in [0.2, 0.25) is 0 Å². The number of amides is 1. The number of hydrogen-bond acceptors (Lipinski definition) is 4. The van der Waals surface area contributed by atoms with Gasteiger partial charge in [0.05, 0.1) is 5.56 Å². The molecular weight excluding hydrogens is 314 g/mol. The minimum Gasteiger partial charge on any atom is -0.357 e. The zero-order chi connectivity index (χ0) is 17.8. The van der Waals surface area contributed by atoms with Gasteiger partial charge in [-0.25, -0.2) is 4.98 Å². The second-order valence-corrected chi connectivity index (χ2v) is 7.75. The quantitative estimate of drug-likeness (QED) is 0.824. The predicted octanol–water partition coefficient (Wildman–Crippen LogP) is 3.15. The molecule has 0 spiro atoms. The number of anilines is 1. The van der Waals surface area contributed by atoms with Crippen molar-refractivity contribution in [2.75, 3.05) is 31.1 Å². The molecule has 0 radical (unpaired) electrons. The lowest BCUT2D eigenvalue weighted by atomic mass is 9.89. The first-order valence-electron chi connectivity index (χ1n) is 9.57. The van der Waals surface area contributed by atoms with Crippen LogP contribution in [0.1, 0.15) is 56.3 Å². The molecule has 1 atom stereocenters. The summed E-state index contributed by atoms with van der Waals surface area (Å²) < 4.78 is 0. The zero-order valence-corrected chi connectivity index (χ0v) is 15.4. The van der Waals surface area contributed by atoms with E-state index in [1.807, 2.05) is 17.0 Å². The van der Waals surface area contributed by atoms with Crippen molar-refractivity contribution in [1.29, 1.82) is 0 Å². The van der Waals surface area contributed by atoms with E-state index >= 15 is 0 Å². The summed E-state index contributed by atoms with van der Waals surface area (Å²) in [5.74, 6) is 1.63. The Hall–Kier alpha value is -1.91. The van der Waals surface area contributed by atoms with Crippen LogP contribution < -0.4 is 4.90 Å². The van der Waals surface area contributed by atoms with E-state index in [2.05, 4.69) is 23.7 Å². The molecule has 0 saturated carbocycles. The molecule has 1 amide bonds. The van der Waals surface area contributed by atoms with Crippen molar-refractivity contribution in [2.45, 2.75) is 46.0 Å². The summed E-state index contributed by atoms with van der Waals surface area (Å²) >= 11 is 0. The summed E-state index contributed by atoms with van der Waals surface area (Å²) in [4.78, 5) is 33.7. The summed E-state index contributed by atoms with van der Waals surface area (Å²) in [7, 11) is 0. The highest BCUT2D eigenvalue weighted by Crippen LogP contribution is 2.23. The van der Waals surface area contributed by atoms with E-state index in [4.69, 9.17) is 0 Å². The summed E-state index contributed by atoms with van der Waals surface area (Å²) in [5.41, 5.74) is 0.625. The molecule has 2 fully saturated rings. The Morgan fingerprint density at radius 3 is 2.56 bits per heavy atom. The van der Waals surface area contributed by atoms with Gasteiger partial charge in [0.25, 0.3) is 5.91 Å². The smallest absolute Gasteiger partial charge is 0.255 e. The third kappa shape index (κ3) is 4.39. The minimum absolute atomic E-state index is 0.00233. The fraction of sp³-hybridized carbons (Fsp3) is 0.650. The van der Waals surface area contributed by atoms with E-state index in [9.17, 15) is 9.59 Å². The Bertz CT molecular complexity index is 606. The highest BCUT2D eigenvalue weighted by Gasteiger charge is 2.29. The lowest BCUT2D eigenvalue weighted by Gasteiger charge is -2.32. The Morgan fingerprint density at radius 1 is 1.16 bits per heavy atom. The number of Topliss-reactive ketones (excluding diaryl/α,β-unsaturated/α-hetero) is 1. The highest BCUT2D eigenvalue weighted by molar-refractivity contribution is 5.94. The van der Waals surface area contributed by atoms with Gasteiger partial charge in [0.15, 0.2) is 0 Å². The summed E-state index contributed by atoms with van der Waals surface area (Å²) in [6, 6.07) is 3.83. The molecule has 3 rings (SSSR count). The molecule has 0 unspecified atom stereocenters. The maximum atomic E-state index is 12.8. The molecule has 25 heavy (non-hydrogen) atoms. The van der Waals surface area contributed by atoms with Crippen molar-refractivity contribution in [3.05, 3.63) is 23.9 Å². The summed E-state index contributed by atoms with van der Waals surface area (Å²) in [6.07, 6.45) is 6.53. The highest BCUT2D eigenvalue weighted by atomic mass is 16.2. The first-order valence-corrected chi connectivity index (χ1v) is 9.57. The Balaban J connectivity index is 1.62. The van der Waals surface area contributed by atoms with Gasteiger partial charge in [0, 0.05) is 44.7 Å². The standard InChI is InChI=1S/C20H29N3O2/c1-15(2)12-18(24)17-6-5-11-23(14-17)20(25)16-7-8-19(21-13-16)22-9-3-4-10-22/h7-8,13,15,17H,3-6,9-12,14H2,1-2H3/t17-/m1/s1. The number of carbonyl (C=O) groups is 2. The molecule has 0 N–H and O–H groups in total. The van der Waals surface area contributed by atoms with Crippen molar-refractivity contribution in [3.8, 4) is 0 Å². The van der Waals surface area contributed by atoms with Crippen LogP contribution in [0.5, 0.6) is 0 Å². The molecule has 5 nitrogen and oxygen atoms in total. The molecule has 2 aliphatic heterocycles. The Morgan fingerprint density at radius 2 is 1.92 bits per heavy atom. The van der Waals surface area contributed by atoms with Crippen LogP contribution in [0.3, 0.4) is 0 Å². The van der Waals surface area contributed by atoms with Gasteiger partial charge in [-0.3, -0.25) is 9.59 Å². The van der Waals surface area contributed by atoms with Gasteiger partial charge < -0.3 is 9.80 Å². The number of pyridine rings is 1. The first kappa shape index (κ1) is 17.9. The first-order chi connectivity index (χ1) is 12.0. The van der Waals surface area contributed by atoms with Crippen molar-refractivity contribution >= 4 is 17.5 Å². The van der Waals surface area contributed by atoms with Crippen LogP contribution in [0.15, 0.2) is 18.3 Å². The molecule has 0 aromatic carbocycles. The van der Waals surface area contributed by atoms with Gasteiger partial charge in [-0.15, -0.1) is 0 Å². The van der Waals surface area contributed by atoms with Crippen LogP contribution >= 0.6 is 0 Å². The third-order valence-electron chi connectivity index (χ3n) is 5.20. The number of aromatic nitrogens is 1. The van der Waals surface area contributed by atoms with E-state index in [0.717, 1.165) is 38.3 Å². The molecule has 0 aliphatic carbocycles. The number of nitrogens with zero attached hydrogens (tertiary/aromatic N) is 3. The van der Waals surface area contributed by atoms with E-state index in [1.165, 1.54) is 12.8 Å². The SMILES string of the molecule is CC(C)CC(=O)[C@@H]1CCCN(C(=O)c2ccc(N3CCCC3)nc2)C1. The number of carbonyl (C=O) groups excluding carboxylic acids is 2. The fourth-order valence-corrected chi connectivity index (χ4v) is 3.82. The van der Waals surface area contributed by atoms with E-state index in [0.29, 0.717) is 30.2 Å². The average molecular weight is 343 g/mol. The van der Waals surface area contributed by atoms with E-state index < -0.39 is 0 Å². The van der Waals surface area contributed by atoms with Gasteiger partial charge in [-0.1, -0.05) is 13.8 Å². The molecule has 5 heteroatoms. The number of piperidine rings is 1. The van der Waals surface area contributed by atoms with Crippen LogP contribution in [-0.4, -0.2) is 47.8 Å². The van der Waals surface area contributed by atoms with Crippen molar-refractivity contribution < 1.29 is 9.59 Å². The lowest BCUT2D eigenvalue weighted by molar-refractivity contribution is -0.124. The number of rotatable bonds is 5. The number of hydrogen-bond donors (Lipinski definition) is 0. The van der Waals surface area contributed by atoms with Gasteiger partial charge in [-0.2, -0.15) is 0 Å². The molecule has 2 saturated heterocycles. The van der Waals surface area contributed by atoms with E-state index in [-0.39, 0.29) is 11.8 Å². The average Bonchev–Trinajstić information content (AvgIpc) is 3.15. The summed E-state index contributed by atoms with van der Waals surface area (Å²) in [6.45, 7) is 7.52. The normalized spacial score (nSPS) is 21.0. The van der Waals surface area contributed by atoms with E-state index in [1.54, 1.807) is 6.20 Å². The molecule has 3 heterocycles. The van der Waals surface area contributed by atoms with Crippen LogP contribution in [0, 0.1) is 11.8 Å². The maximum absolute atomic E-state index is 12.8. The van der Waals surface area contributed by atoms with Crippen LogP contribution in [0.4, 0.5) is 5.82 Å². The number of likely N-dealkylation sites (tertiary alicyclic amines) is 1. The van der Waals surface area contributed by atoms with Gasteiger partial charge in [0.1, 0.15) is 11.6 Å². The molecule has 1 aromatic rings. The van der Waals surface area contributed by atoms with Crippen LogP contribution in [-0.2, 0) is 4.79 Å². The van der Waals surface area contributed by atoms with Gasteiger partial charge >= 0.3 is 0 Å². The number of ketones is 1. The molecule has 0 bridgehead atoms. The van der Waals surface area contributed by atoms with Crippen LogP contribution in [0.2, 0.25) is 0 Å². The molecule has 1 aromatic heterocycles. The van der Waals surface area contributed by atoms with Crippen molar-refractivity contribution in [1.82, 2.24) is 9.88 Å². The Kier molecular flexibility index (Phi) is 5.71. The zero-order valence-electron chi connectivity index (χ0n) is 15.4. The van der Waals surface area contributed by atoms with Gasteiger partial charge in [-0.05, 0) is 43.7 Å². The van der Waals surface area contributed by atoms with Crippen molar-refractivity contribution in [3.63, 3.8) is 0 Å². The fourth-order valence-electron chi connectivity index (χ4n) is 3.82. The minimum atomic E-state index is -0.00284. The molecular formula is C20H29N3O2. The molecule has 136 valence electrons. The third-order valence-corrected chi connectivity index (χ3v) is 5.20. The van der Waals surface area contributed by atoms with Crippen LogP contribution in [0.25, 0.3) is 0 Å². The Labute approximate surface area is 150 Å². The topological polar surface area (TPSA) is 53.5 Å². The maximum Gasteiger partial charge on any atom is 0.255 e. The summed E-state index contributed by atoms with van der Waals surface area (Å²) in [5, 5.41) is 0. The molecule has 2 aliphatic rings. The second-order valence-electron chi connectivity index (χ2n) is 7.75.